The number of carbonyl (C=O) groups excluding carboxylic acids is 2. The van der Waals surface area contributed by atoms with Crippen LogP contribution in [0.4, 0.5) is 5.69 Å². The lowest BCUT2D eigenvalue weighted by molar-refractivity contribution is -0.134. The molecular formula is C25H19Br2Cl2N3O2. The molecular weight excluding hydrogens is 605 g/mol. The zero-order valence-electron chi connectivity index (χ0n) is 17.8. The number of hydrazone groups is 1. The monoisotopic (exact) mass is 621 g/mol. The Morgan fingerprint density at radius 1 is 0.941 bits per heavy atom. The molecule has 174 valence electrons. The highest BCUT2D eigenvalue weighted by molar-refractivity contribution is 9.10. The number of carbonyl (C=O) groups is 2. The third-order valence-corrected chi connectivity index (χ3v) is 6.97. The molecule has 0 fully saturated rings. The summed E-state index contributed by atoms with van der Waals surface area (Å²) < 4.78 is 1.93. The molecule has 0 aliphatic carbocycles. The van der Waals surface area contributed by atoms with E-state index in [0.717, 1.165) is 25.8 Å². The minimum absolute atomic E-state index is 0.00445. The van der Waals surface area contributed by atoms with Gasteiger partial charge in [0.25, 0.3) is 0 Å². The highest BCUT2D eigenvalue weighted by Crippen LogP contribution is 2.34. The Morgan fingerprint density at radius 3 is 2.24 bits per heavy atom. The van der Waals surface area contributed by atoms with Gasteiger partial charge < -0.3 is 5.32 Å². The Morgan fingerprint density at radius 2 is 1.59 bits per heavy atom. The molecule has 1 N–H and O–H groups in total. The van der Waals surface area contributed by atoms with E-state index in [1.54, 1.807) is 18.2 Å². The summed E-state index contributed by atoms with van der Waals surface area (Å²) >= 11 is 18.9. The van der Waals surface area contributed by atoms with E-state index < -0.39 is 0 Å². The summed E-state index contributed by atoms with van der Waals surface area (Å²) in [5.74, 6) is -0.536. The maximum absolute atomic E-state index is 13.2. The molecule has 34 heavy (non-hydrogen) atoms. The molecule has 5 nitrogen and oxygen atoms in total. The van der Waals surface area contributed by atoms with E-state index in [2.05, 4.69) is 42.3 Å². The Balaban J connectivity index is 1.49. The van der Waals surface area contributed by atoms with Crippen LogP contribution in [0.25, 0.3) is 0 Å². The van der Waals surface area contributed by atoms with E-state index >= 15 is 0 Å². The first-order chi connectivity index (χ1) is 16.3. The average molecular weight is 624 g/mol. The molecule has 1 atom stereocenters. The predicted octanol–water partition coefficient (Wildman–Crippen LogP) is 7.62. The Kier molecular flexibility index (Phi) is 8.09. The smallest absolute Gasteiger partial charge is 0.243 e. The second-order valence-corrected chi connectivity index (χ2v) is 10.4. The lowest BCUT2D eigenvalue weighted by Crippen LogP contribution is -2.28. The molecule has 3 aromatic carbocycles. The minimum atomic E-state index is -0.311. The molecule has 0 aromatic heterocycles. The summed E-state index contributed by atoms with van der Waals surface area (Å²) in [6, 6.07) is 20.3. The number of nitrogens with zero attached hydrogens (tertiary/aromatic N) is 2. The van der Waals surface area contributed by atoms with Crippen molar-refractivity contribution in [2.75, 3.05) is 5.32 Å². The largest absolute Gasteiger partial charge is 0.325 e. The van der Waals surface area contributed by atoms with Crippen LogP contribution in [0, 0.1) is 0 Å². The van der Waals surface area contributed by atoms with Gasteiger partial charge in [0, 0.05) is 33.2 Å². The number of nitrogens with one attached hydrogen (secondary N) is 1. The highest BCUT2D eigenvalue weighted by Gasteiger charge is 2.33. The van der Waals surface area contributed by atoms with Crippen LogP contribution in [-0.4, -0.2) is 22.5 Å². The molecule has 0 saturated heterocycles. The van der Waals surface area contributed by atoms with Gasteiger partial charge in [0.15, 0.2) is 0 Å². The van der Waals surface area contributed by atoms with Crippen molar-refractivity contribution in [1.82, 2.24) is 5.01 Å². The third-order valence-electron chi connectivity index (χ3n) is 5.37. The van der Waals surface area contributed by atoms with Gasteiger partial charge in [0.2, 0.25) is 11.8 Å². The number of rotatable bonds is 6. The molecule has 1 heterocycles. The van der Waals surface area contributed by atoms with Crippen molar-refractivity contribution in [3.8, 4) is 0 Å². The zero-order chi connectivity index (χ0) is 24.2. The molecule has 2 amide bonds. The fourth-order valence-electron chi connectivity index (χ4n) is 3.64. The van der Waals surface area contributed by atoms with Gasteiger partial charge in [-0.2, -0.15) is 5.10 Å². The van der Waals surface area contributed by atoms with Crippen LogP contribution in [0.15, 0.2) is 80.8 Å². The summed E-state index contributed by atoms with van der Waals surface area (Å²) in [7, 11) is 0. The number of hydrogen-bond donors (Lipinski definition) is 1. The van der Waals surface area contributed by atoms with Crippen molar-refractivity contribution in [2.24, 2.45) is 5.10 Å². The van der Waals surface area contributed by atoms with Crippen molar-refractivity contribution < 1.29 is 9.59 Å². The van der Waals surface area contributed by atoms with Gasteiger partial charge in [-0.05, 0) is 53.6 Å². The van der Waals surface area contributed by atoms with Crippen molar-refractivity contribution in [3.05, 3.63) is 96.8 Å². The molecule has 0 radical (unpaired) electrons. The molecule has 3 aromatic rings. The standard InChI is InChI=1S/C25H19Br2Cl2N3O2/c26-17-5-1-15(2-6-17)22-14-23(16-3-7-18(27)8-4-16)32(31-22)25(34)12-11-24(33)30-21-10-9-19(28)13-20(21)29/h1-10,13,23H,11-12,14H2,(H,30,33)/t23-/m0/s1. The van der Waals surface area contributed by atoms with Crippen molar-refractivity contribution >= 4 is 78.3 Å². The second-order valence-electron chi connectivity index (χ2n) is 7.74. The van der Waals surface area contributed by atoms with Gasteiger partial charge in [0.1, 0.15) is 0 Å². The molecule has 4 rings (SSSR count). The van der Waals surface area contributed by atoms with Gasteiger partial charge in [0.05, 0.1) is 22.5 Å². The van der Waals surface area contributed by atoms with Crippen molar-refractivity contribution in [1.29, 1.82) is 0 Å². The van der Waals surface area contributed by atoms with Crippen LogP contribution < -0.4 is 5.32 Å². The SMILES string of the molecule is O=C(CCC(=O)N1N=C(c2ccc(Br)cc2)C[C@H]1c1ccc(Br)cc1)Nc1ccc(Cl)cc1Cl. The number of hydrogen-bond acceptors (Lipinski definition) is 3. The maximum atomic E-state index is 13.2. The van der Waals surface area contributed by atoms with Gasteiger partial charge in [-0.3, -0.25) is 9.59 Å². The number of benzene rings is 3. The number of anilines is 1. The fraction of sp³-hybridized carbons (Fsp3) is 0.160. The summed E-state index contributed by atoms with van der Waals surface area (Å²) in [6.45, 7) is 0. The van der Waals surface area contributed by atoms with E-state index in [9.17, 15) is 9.59 Å². The normalized spacial score (nSPS) is 15.2. The maximum Gasteiger partial charge on any atom is 0.243 e. The van der Waals surface area contributed by atoms with Gasteiger partial charge in [-0.15, -0.1) is 0 Å². The fourth-order valence-corrected chi connectivity index (χ4v) is 4.62. The zero-order valence-corrected chi connectivity index (χ0v) is 22.5. The van der Waals surface area contributed by atoms with E-state index in [1.807, 2.05) is 48.5 Å². The van der Waals surface area contributed by atoms with Crippen LogP contribution in [0.1, 0.15) is 36.4 Å². The molecule has 0 unspecified atom stereocenters. The predicted molar refractivity (Wildman–Crippen MR) is 143 cm³/mol. The minimum Gasteiger partial charge on any atom is -0.325 e. The first-order valence-corrected chi connectivity index (χ1v) is 12.8. The van der Waals surface area contributed by atoms with Crippen LogP contribution in [0.5, 0.6) is 0 Å². The van der Waals surface area contributed by atoms with E-state index in [1.165, 1.54) is 5.01 Å². The van der Waals surface area contributed by atoms with Crippen LogP contribution >= 0.6 is 55.1 Å². The van der Waals surface area contributed by atoms with Gasteiger partial charge in [-0.1, -0.05) is 79.3 Å². The first-order valence-electron chi connectivity index (χ1n) is 10.5. The Hall–Kier alpha value is -2.19. The molecule has 9 heteroatoms. The van der Waals surface area contributed by atoms with Crippen LogP contribution in [-0.2, 0) is 9.59 Å². The molecule has 0 saturated carbocycles. The third kappa shape index (κ3) is 6.08. The number of halogens is 4. The molecule has 1 aliphatic heterocycles. The van der Waals surface area contributed by atoms with E-state index in [-0.39, 0.29) is 30.7 Å². The topological polar surface area (TPSA) is 61.8 Å². The van der Waals surface area contributed by atoms with E-state index in [4.69, 9.17) is 23.2 Å². The van der Waals surface area contributed by atoms with E-state index in [0.29, 0.717) is 22.2 Å². The average Bonchev–Trinajstić information content (AvgIpc) is 3.26. The molecule has 1 aliphatic rings. The van der Waals surface area contributed by atoms with Crippen molar-refractivity contribution in [2.45, 2.75) is 25.3 Å². The Labute approximate surface area is 224 Å². The quantitative estimate of drug-likeness (QED) is 0.307. The van der Waals surface area contributed by atoms with Gasteiger partial charge >= 0.3 is 0 Å². The first kappa shape index (κ1) is 24.9. The summed E-state index contributed by atoms with van der Waals surface area (Å²) in [4.78, 5) is 25.6. The summed E-state index contributed by atoms with van der Waals surface area (Å²) in [5.41, 5.74) is 3.21. The van der Waals surface area contributed by atoms with Gasteiger partial charge in [-0.25, -0.2) is 5.01 Å². The molecule has 0 bridgehead atoms. The summed E-state index contributed by atoms with van der Waals surface area (Å²) in [6.07, 6.45) is 0.604. The Bertz CT molecular complexity index is 1250. The second kappa shape index (κ2) is 11.0. The summed E-state index contributed by atoms with van der Waals surface area (Å²) in [5, 5.41) is 9.71. The van der Waals surface area contributed by atoms with Crippen molar-refractivity contribution in [3.63, 3.8) is 0 Å². The lowest BCUT2D eigenvalue weighted by Gasteiger charge is -2.22. The van der Waals surface area contributed by atoms with Crippen LogP contribution in [0.2, 0.25) is 10.0 Å². The van der Waals surface area contributed by atoms with Crippen LogP contribution in [0.3, 0.4) is 0 Å². The number of amides is 2. The highest BCUT2D eigenvalue weighted by atomic mass is 79.9. The lowest BCUT2D eigenvalue weighted by atomic mass is 9.98. The molecule has 0 spiro atoms.